The highest BCUT2D eigenvalue weighted by atomic mass is 16.3. The number of aromatic hydroxyl groups is 1. The molecule has 0 spiro atoms. The summed E-state index contributed by atoms with van der Waals surface area (Å²) >= 11 is 0. The molecule has 2 aromatic heterocycles. The second kappa shape index (κ2) is 8.82. The smallest absolute Gasteiger partial charge is 0.149 e. The van der Waals surface area contributed by atoms with Crippen molar-refractivity contribution in [1.29, 1.82) is 0 Å². The lowest BCUT2D eigenvalue weighted by Crippen LogP contribution is -1.98. The largest absolute Gasteiger partial charge is 0.507 e. The quantitative estimate of drug-likeness (QED) is 0.286. The zero-order chi connectivity index (χ0) is 28.1. The number of hydrogen-bond acceptors (Lipinski definition) is 3. The van der Waals surface area contributed by atoms with E-state index < -0.39 is 0 Å². The molecule has 1 N–H and O–H groups in total. The van der Waals surface area contributed by atoms with Gasteiger partial charge in [-0.3, -0.25) is 9.55 Å². The van der Waals surface area contributed by atoms with E-state index in [9.17, 15) is 5.11 Å². The maximum atomic E-state index is 11.1. The van der Waals surface area contributed by atoms with Gasteiger partial charge < -0.3 is 5.11 Å². The summed E-state index contributed by atoms with van der Waals surface area (Å²) in [4.78, 5) is 9.25. The standard InChI is InChI=1S/C32H25N3O/c1-21-18-22(2)31(36)27(19-21)32-34-30-26(14-9-16-29(30)35(32)25-12-4-3-5-13-25)23-10-8-11-24(20-23)28-15-6-7-17-33-28/h3-20,36H,1-2H3/i6D,7D,15D,17D. The molecule has 4 nitrogen and oxygen atoms in total. The van der Waals surface area contributed by atoms with Gasteiger partial charge in [-0.1, -0.05) is 60.6 Å². The maximum Gasteiger partial charge on any atom is 0.149 e. The van der Waals surface area contributed by atoms with E-state index in [0.29, 0.717) is 17.0 Å². The molecule has 0 saturated heterocycles. The fraction of sp³-hybridized carbons (Fsp3) is 0.0625. The Morgan fingerprint density at radius 3 is 2.47 bits per heavy atom. The van der Waals surface area contributed by atoms with Crippen molar-refractivity contribution in [2.45, 2.75) is 13.8 Å². The molecule has 174 valence electrons. The normalized spacial score (nSPS) is 12.7. The third-order valence-electron chi connectivity index (χ3n) is 6.30. The zero-order valence-corrected chi connectivity index (χ0v) is 19.9. The molecule has 0 atom stereocenters. The van der Waals surface area contributed by atoms with Gasteiger partial charge in [0.15, 0.2) is 0 Å². The average Bonchev–Trinajstić information content (AvgIpc) is 3.36. The summed E-state index contributed by atoms with van der Waals surface area (Å²) in [6, 6.07) is 26.3. The number of pyridine rings is 1. The maximum absolute atomic E-state index is 11.1. The van der Waals surface area contributed by atoms with Crippen molar-refractivity contribution in [3.8, 4) is 45.2 Å². The number of hydrogen-bond donors (Lipinski definition) is 1. The van der Waals surface area contributed by atoms with Gasteiger partial charge in [0.05, 0.1) is 27.8 Å². The third-order valence-corrected chi connectivity index (χ3v) is 6.30. The Kier molecular flexibility index (Phi) is 4.34. The van der Waals surface area contributed by atoms with E-state index in [4.69, 9.17) is 10.5 Å². The van der Waals surface area contributed by atoms with E-state index in [1.165, 1.54) is 0 Å². The SMILES string of the molecule is [2H]c1nc(-c2cccc(-c3cccc4c3nc(-c3cc(C)cc(C)c3O)n4-c3ccccc3)c2)c([2H])c([2H])c1[2H]. The second-order valence-electron chi connectivity index (χ2n) is 8.79. The number of nitrogens with zero attached hydrogens (tertiary/aromatic N) is 3. The number of aryl methyl sites for hydroxylation is 2. The van der Waals surface area contributed by atoms with Crippen LogP contribution in [-0.4, -0.2) is 19.6 Å². The summed E-state index contributed by atoms with van der Waals surface area (Å²) in [6.07, 6.45) is -0.331. The molecular weight excluding hydrogens is 442 g/mol. The first-order valence-corrected chi connectivity index (χ1v) is 11.7. The van der Waals surface area contributed by atoms with Gasteiger partial charge in [-0.05, 0) is 73.0 Å². The zero-order valence-electron chi connectivity index (χ0n) is 23.9. The summed E-state index contributed by atoms with van der Waals surface area (Å²) < 4.78 is 34.3. The molecule has 0 aliphatic carbocycles. The van der Waals surface area contributed by atoms with Crippen LogP contribution in [0.1, 0.15) is 16.6 Å². The average molecular weight is 472 g/mol. The first kappa shape index (κ1) is 17.7. The molecule has 0 fully saturated rings. The summed E-state index contributed by atoms with van der Waals surface area (Å²) in [7, 11) is 0. The van der Waals surface area contributed by atoms with Crippen LogP contribution in [0.5, 0.6) is 5.75 Å². The Hall–Kier alpha value is -4.70. The molecule has 0 aliphatic heterocycles. The molecule has 0 unspecified atom stereocenters. The number of aromatic nitrogens is 3. The molecule has 4 aromatic carbocycles. The highest BCUT2D eigenvalue weighted by Crippen LogP contribution is 2.39. The van der Waals surface area contributed by atoms with Gasteiger partial charge in [0, 0.05) is 23.0 Å². The summed E-state index contributed by atoms with van der Waals surface area (Å²) in [5, 5.41) is 11.1. The third kappa shape index (κ3) is 3.73. The van der Waals surface area contributed by atoms with Gasteiger partial charge in [-0.2, -0.15) is 0 Å². The van der Waals surface area contributed by atoms with Crippen LogP contribution in [0.25, 0.3) is 50.5 Å². The van der Waals surface area contributed by atoms with Crippen molar-refractivity contribution < 1.29 is 10.6 Å². The van der Waals surface area contributed by atoms with Crippen LogP contribution in [-0.2, 0) is 0 Å². The van der Waals surface area contributed by atoms with E-state index in [1.807, 2.05) is 97.3 Å². The number of benzene rings is 4. The Bertz CT molecular complexity index is 1930. The Balaban J connectivity index is 1.61. The fourth-order valence-electron chi connectivity index (χ4n) is 4.68. The van der Waals surface area contributed by atoms with E-state index in [1.54, 1.807) is 6.07 Å². The minimum Gasteiger partial charge on any atom is -0.507 e. The Morgan fingerprint density at radius 2 is 1.61 bits per heavy atom. The van der Waals surface area contributed by atoms with Gasteiger partial charge in [0.2, 0.25) is 0 Å². The molecule has 0 radical (unpaired) electrons. The molecular formula is C32H25N3O. The van der Waals surface area contributed by atoms with Crippen LogP contribution in [0.15, 0.2) is 109 Å². The lowest BCUT2D eigenvalue weighted by molar-refractivity contribution is 0.472. The van der Waals surface area contributed by atoms with Crippen LogP contribution in [0.3, 0.4) is 0 Å². The Labute approximate surface area is 215 Å². The predicted molar refractivity (Wildman–Crippen MR) is 146 cm³/mol. The van der Waals surface area contributed by atoms with Gasteiger partial charge in [0.1, 0.15) is 11.6 Å². The van der Waals surface area contributed by atoms with E-state index in [2.05, 4.69) is 4.98 Å². The van der Waals surface area contributed by atoms with Gasteiger partial charge in [-0.15, -0.1) is 0 Å². The molecule has 0 bridgehead atoms. The van der Waals surface area contributed by atoms with Crippen LogP contribution in [0, 0.1) is 13.8 Å². The molecule has 6 rings (SSSR count). The van der Waals surface area contributed by atoms with Crippen LogP contribution in [0.4, 0.5) is 0 Å². The molecule has 0 saturated carbocycles. The first-order chi connectivity index (χ1) is 19.2. The highest BCUT2D eigenvalue weighted by molar-refractivity contribution is 5.96. The molecule has 36 heavy (non-hydrogen) atoms. The number of imidazole rings is 1. The summed E-state index contributed by atoms with van der Waals surface area (Å²) in [5.41, 5.74) is 7.38. The van der Waals surface area contributed by atoms with E-state index >= 15 is 0 Å². The lowest BCUT2D eigenvalue weighted by Gasteiger charge is -2.12. The van der Waals surface area contributed by atoms with Crippen LogP contribution < -0.4 is 0 Å². The van der Waals surface area contributed by atoms with Crippen molar-refractivity contribution in [3.63, 3.8) is 0 Å². The van der Waals surface area contributed by atoms with Crippen LogP contribution >= 0.6 is 0 Å². The minimum absolute atomic E-state index is 0.183. The second-order valence-corrected chi connectivity index (χ2v) is 8.79. The number of phenolic OH excluding ortho intramolecular Hbond substituents is 1. The molecule has 2 heterocycles. The summed E-state index contributed by atoms with van der Waals surface area (Å²) in [6.45, 7) is 3.87. The molecule has 6 aromatic rings. The van der Waals surface area contributed by atoms with Crippen molar-refractivity contribution in [2.24, 2.45) is 0 Å². The van der Waals surface area contributed by atoms with Crippen molar-refractivity contribution in [3.05, 3.63) is 120 Å². The minimum atomic E-state index is -0.358. The van der Waals surface area contributed by atoms with Crippen LogP contribution in [0.2, 0.25) is 0 Å². The lowest BCUT2D eigenvalue weighted by atomic mass is 10.0. The van der Waals surface area contributed by atoms with E-state index in [0.717, 1.165) is 39.0 Å². The molecule has 0 aliphatic rings. The monoisotopic (exact) mass is 471 g/mol. The van der Waals surface area contributed by atoms with E-state index in [-0.39, 0.29) is 35.7 Å². The molecule has 0 amide bonds. The number of fused-ring (bicyclic) bond motifs is 1. The number of rotatable bonds is 4. The van der Waals surface area contributed by atoms with Crippen molar-refractivity contribution in [2.75, 3.05) is 0 Å². The summed E-state index contributed by atoms with van der Waals surface area (Å²) in [5.74, 6) is 0.805. The predicted octanol–water partition coefficient (Wildman–Crippen LogP) is 7.74. The van der Waals surface area contributed by atoms with Crippen molar-refractivity contribution in [1.82, 2.24) is 14.5 Å². The van der Waals surface area contributed by atoms with Gasteiger partial charge in [-0.25, -0.2) is 4.98 Å². The highest BCUT2D eigenvalue weighted by Gasteiger charge is 2.20. The number of para-hydroxylation sites is 2. The fourth-order valence-corrected chi connectivity index (χ4v) is 4.68. The first-order valence-electron chi connectivity index (χ1n) is 13.7. The Morgan fingerprint density at radius 1 is 0.806 bits per heavy atom. The van der Waals surface area contributed by atoms with Gasteiger partial charge >= 0.3 is 0 Å². The van der Waals surface area contributed by atoms with Gasteiger partial charge in [0.25, 0.3) is 0 Å². The topological polar surface area (TPSA) is 50.9 Å². The molecule has 4 heteroatoms. The van der Waals surface area contributed by atoms with Crippen molar-refractivity contribution >= 4 is 11.0 Å². The number of phenols is 1.